The topological polar surface area (TPSA) is 60.6 Å². The van der Waals surface area contributed by atoms with Crippen LogP contribution in [0.2, 0.25) is 0 Å². The number of hydrogen-bond acceptors (Lipinski definition) is 4. The van der Waals surface area contributed by atoms with E-state index >= 15 is 0 Å². The average Bonchev–Trinajstić information content (AvgIpc) is 3.15. The number of rotatable bonds is 6. The summed E-state index contributed by atoms with van der Waals surface area (Å²) in [5.74, 6) is 1.74. The Kier molecular flexibility index (Phi) is 4.88. The van der Waals surface area contributed by atoms with Crippen molar-refractivity contribution >= 4 is 5.69 Å². The van der Waals surface area contributed by atoms with Crippen molar-refractivity contribution in [1.82, 2.24) is 24.5 Å². The third kappa shape index (κ3) is 4.07. The molecule has 3 rings (SSSR count). The molecule has 25 heavy (non-hydrogen) atoms. The molecule has 0 amide bonds. The zero-order chi connectivity index (χ0) is 18.0. The number of benzene rings is 1. The van der Waals surface area contributed by atoms with Crippen LogP contribution < -0.4 is 5.32 Å². The van der Waals surface area contributed by atoms with Gasteiger partial charge in [-0.1, -0.05) is 12.1 Å². The van der Waals surface area contributed by atoms with E-state index in [9.17, 15) is 0 Å². The van der Waals surface area contributed by atoms with Crippen molar-refractivity contribution in [2.75, 3.05) is 5.32 Å². The monoisotopic (exact) mass is 338 g/mol. The molecule has 6 heteroatoms. The van der Waals surface area contributed by atoms with Crippen LogP contribution in [-0.4, -0.2) is 24.5 Å². The number of nitrogens with one attached hydrogen (secondary N) is 1. The molecule has 2 aromatic heterocycles. The summed E-state index contributed by atoms with van der Waals surface area (Å²) in [5.41, 5.74) is 3.47. The third-order valence-corrected chi connectivity index (χ3v) is 4.26. The van der Waals surface area contributed by atoms with Gasteiger partial charge >= 0.3 is 0 Å². The second-order valence-corrected chi connectivity index (χ2v) is 6.78. The van der Waals surface area contributed by atoms with Crippen LogP contribution in [0, 0.1) is 13.8 Å². The van der Waals surface area contributed by atoms with Gasteiger partial charge in [0.15, 0.2) is 0 Å². The maximum Gasteiger partial charge on any atom is 0.147 e. The summed E-state index contributed by atoms with van der Waals surface area (Å²) in [6.07, 6.45) is 4.04. The number of hydrogen-bond donors (Lipinski definition) is 1. The van der Waals surface area contributed by atoms with Gasteiger partial charge in [-0.25, -0.2) is 9.67 Å². The van der Waals surface area contributed by atoms with Crippen LogP contribution in [0.3, 0.4) is 0 Å². The fraction of sp³-hybridized carbons (Fsp3) is 0.421. The van der Waals surface area contributed by atoms with Crippen molar-refractivity contribution in [2.24, 2.45) is 0 Å². The second kappa shape index (κ2) is 7.09. The molecule has 0 saturated heterocycles. The Morgan fingerprint density at radius 1 is 1.16 bits per heavy atom. The van der Waals surface area contributed by atoms with E-state index in [-0.39, 0.29) is 6.04 Å². The SMILES string of the molecule is Cc1nc(C)n(Cc2cccc(N[C@@H](C)c3cnn(C(C)C)c3)c2)n1. The van der Waals surface area contributed by atoms with Crippen molar-refractivity contribution in [2.45, 2.75) is 53.2 Å². The Bertz CT molecular complexity index is 845. The molecule has 0 bridgehead atoms. The normalized spacial score (nSPS) is 12.6. The van der Waals surface area contributed by atoms with Gasteiger partial charge in [0.25, 0.3) is 0 Å². The van der Waals surface area contributed by atoms with Gasteiger partial charge in [-0.05, 0) is 52.3 Å². The fourth-order valence-electron chi connectivity index (χ4n) is 2.84. The lowest BCUT2D eigenvalue weighted by Gasteiger charge is -2.15. The first kappa shape index (κ1) is 17.2. The summed E-state index contributed by atoms with van der Waals surface area (Å²) in [6, 6.07) is 9.01. The number of nitrogens with zero attached hydrogens (tertiary/aromatic N) is 5. The van der Waals surface area contributed by atoms with Crippen LogP contribution in [0.25, 0.3) is 0 Å². The summed E-state index contributed by atoms with van der Waals surface area (Å²) >= 11 is 0. The predicted molar refractivity (Wildman–Crippen MR) is 99.7 cm³/mol. The predicted octanol–water partition coefficient (Wildman–Crippen LogP) is 3.89. The Morgan fingerprint density at radius 2 is 1.96 bits per heavy atom. The minimum atomic E-state index is 0.193. The Hall–Kier alpha value is -2.63. The molecule has 1 N–H and O–H groups in total. The quantitative estimate of drug-likeness (QED) is 0.740. The standard InChI is InChI=1S/C19H26N6/c1-13(2)24-12-18(10-20-24)14(3)21-19-8-6-7-17(9-19)11-25-16(5)22-15(4)23-25/h6-10,12-14,21H,11H2,1-5H3/t14-/m0/s1. The molecule has 6 nitrogen and oxygen atoms in total. The lowest BCUT2D eigenvalue weighted by atomic mass is 10.1. The zero-order valence-electron chi connectivity index (χ0n) is 15.6. The molecule has 0 unspecified atom stereocenters. The highest BCUT2D eigenvalue weighted by Crippen LogP contribution is 2.21. The van der Waals surface area contributed by atoms with Gasteiger partial charge in [0, 0.05) is 23.5 Å². The molecule has 1 atom stereocenters. The summed E-state index contributed by atoms with van der Waals surface area (Å²) < 4.78 is 3.92. The van der Waals surface area contributed by atoms with Crippen molar-refractivity contribution in [3.8, 4) is 0 Å². The Balaban J connectivity index is 1.71. The molecule has 0 fully saturated rings. The Labute approximate surface area is 148 Å². The minimum Gasteiger partial charge on any atom is -0.378 e. The summed E-state index contributed by atoms with van der Waals surface area (Å²) in [4.78, 5) is 4.36. The van der Waals surface area contributed by atoms with E-state index in [0.29, 0.717) is 6.04 Å². The highest BCUT2D eigenvalue weighted by Gasteiger charge is 2.10. The van der Waals surface area contributed by atoms with Crippen LogP contribution >= 0.6 is 0 Å². The molecule has 1 aromatic carbocycles. The maximum absolute atomic E-state index is 4.44. The van der Waals surface area contributed by atoms with E-state index in [4.69, 9.17) is 0 Å². The van der Waals surface area contributed by atoms with E-state index in [2.05, 4.69) is 71.7 Å². The molecular weight excluding hydrogens is 312 g/mol. The summed E-state index contributed by atoms with van der Waals surface area (Å²) in [5, 5.41) is 12.4. The van der Waals surface area contributed by atoms with E-state index in [1.165, 1.54) is 11.1 Å². The molecule has 132 valence electrons. The smallest absolute Gasteiger partial charge is 0.147 e. The van der Waals surface area contributed by atoms with Crippen LogP contribution in [0.1, 0.15) is 55.6 Å². The molecule has 0 spiro atoms. The third-order valence-electron chi connectivity index (χ3n) is 4.26. The van der Waals surface area contributed by atoms with E-state index in [1.807, 2.05) is 29.4 Å². The molecule has 0 radical (unpaired) electrons. The molecule has 0 aliphatic rings. The number of anilines is 1. The van der Waals surface area contributed by atoms with E-state index in [1.54, 1.807) is 0 Å². The van der Waals surface area contributed by atoms with E-state index in [0.717, 1.165) is 23.9 Å². The van der Waals surface area contributed by atoms with Crippen LogP contribution in [0.15, 0.2) is 36.7 Å². The van der Waals surface area contributed by atoms with Crippen molar-refractivity contribution in [3.05, 3.63) is 59.4 Å². The van der Waals surface area contributed by atoms with Gasteiger partial charge in [-0.3, -0.25) is 4.68 Å². The fourth-order valence-corrected chi connectivity index (χ4v) is 2.84. The van der Waals surface area contributed by atoms with Gasteiger partial charge < -0.3 is 5.32 Å². The van der Waals surface area contributed by atoms with Crippen molar-refractivity contribution in [1.29, 1.82) is 0 Å². The highest BCUT2D eigenvalue weighted by molar-refractivity contribution is 5.47. The first-order valence-corrected chi connectivity index (χ1v) is 8.70. The zero-order valence-corrected chi connectivity index (χ0v) is 15.6. The van der Waals surface area contributed by atoms with Crippen LogP contribution in [0.4, 0.5) is 5.69 Å². The summed E-state index contributed by atoms with van der Waals surface area (Å²) in [7, 11) is 0. The van der Waals surface area contributed by atoms with Gasteiger partial charge in [0.2, 0.25) is 0 Å². The van der Waals surface area contributed by atoms with Gasteiger partial charge in [-0.2, -0.15) is 10.2 Å². The lowest BCUT2D eigenvalue weighted by Crippen LogP contribution is -2.08. The minimum absolute atomic E-state index is 0.193. The largest absolute Gasteiger partial charge is 0.378 e. The molecule has 2 heterocycles. The average molecular weight is 338 g/mol. The lowest BCUT2D eigenvalue weighted by molar-refractivity contribution is 0.532. The highest BCUT2D eigenvalue weighted by atomic mass is 15.3. The maximum atomic E-state index is 4.44. The second-order valence-electron chi connectivity index (χ2n) is 6.78. The van der Waals surface area contributed by atoms with Crippen molar-refractivity contribution in [3.63, 3.8) is 0 Å². The van der Waals surface area contributed by atoms with Crippen LogP contribution in [-0.2, 0) is 6.54 Å². The molecule has 0 aliphatic heterocycles. The summed E-state index contributed by atoms with van der Waals surface area (Å²) in [6.45, 7) is 11.0. The Morgan fingerprint density at radius 3 is 2.60 bits per heavy atom. The molecule has 0 saturated carbocycles. The number of aromatic nitrogens is 5. The molecular formula is C19H26N6. The van der Waals surface area contributed by atoms with Crippen LogP contribution in [0.5, 0.6) is 0 Å². The van der Waals surface area contributed by atoms with Crippen molar-refractivity contribution < 1.29 is 0 Å². The molecule has 0 aliphatic carbocycles. The van der Waals surface area contributed by atoms with Gasteiger partial charge in [0.05, 0.1) is 18.8 Å². The first-order valence-electron chi connectivity index (χ1n) is 8.70. The number of aryl methyl sites for hydroxylation is 2. The van der Waals surface area contributed by atoms with E-state index < -0.39 is 0 Å². The van der Waals surface area contributed by atoms with Gasteiger partial charge in [-0.15, -0.1) is 0 Å². The first-order chi connectivity index (χ1) is 11.9. The molecule has 3 aromatic rings. The van der Waals surface area contributed by atoms with Gasteiger partial charge in [0.1, 0.15) is 11.6 Å².